The van der Waals surface area contributed by atoms with Crippen LogP contribution >= 0.6 is 0 Å². The lowest BCUT2D eigenvalue weighted by Gasteiger charge is -2.08. The Labute approximate surface area is 156 Å². The lowest BCUT2D eigenvalue weighted by molar-refractivity contribution is -0.117. The van der Waals surface area contributed by atoms with E-state index < -0.39 is 0 Å². The number of hydrogen-bond donors (Lipinski definition) is 2. The molecule has 0 spiro atoms. The number of pyridine rings is 1. The SMILES string of the molecule is CCn1cc(C#Cc2cnc(NC)c3nnc(NC(=O)C4CC4)cc23)cn1. The maximum atomic E-state index is 12.0. The molecular weight excluding hydrogens is 342 g/mol. The predicted molar refractivity (Wildman–Crippen MR) is 102 cm³/mol. The fourth-order valence-corrected chi connectivity index (χ4v) is 2.69. The van der Waals surface area contributed by atoms with Crippen LogP contribution in [0.2, 0.25) is 0 Å². The van der Waals surface area contributed by atoms with Crippen molar-refractivity contribution in [2.24, 2.45) is 5.92 Å². The Bertz CT molecular complexity index is 1070. The molecule has 0 aromatic carbocycles. The second-order valence-corrected chi connectivity index (χ2v) is 6.36. The number of aromatic nitrogens is 5. The zero-order chi connectivity index (χ0) is 18.8. The maximum Gasteiger partial charge on any atom is 0.228 e. The Morgan fingerprint density at radius 3 is 2.85 bits per heavy atom. The summed E-state index contributed by atoms with van der Waals surface area (Å²) in [5.41, 5.74) is 2.15. The molecule has 4 rings (SSSR count). The second-order valence-electron chi connectivity index (χ2n) is 6.36. The van der Waals surface area contributed by atoms with E-state index in [-0.39, 0.29) is 11.8 Å². The number of anilines is 2. The zero-order valence-electron chi connectivity index (χ0n) is 15.2. The molecule has 0 saturated heterocycles. The van der Waals surface area contributed by atoms with E-state index in [0.29, 0.717) is 22.7 Å². The standard InChI is InChI=1S/C19H19N7O/c1-3-26-11-12(9-22-26)4-5-14-10-21-18(20-2)17-15(14)8-16(24-25-17)23-19(27)13-6-7-13/h8-11,13H,3,6-7H2,1-2H3,(H,20,21)(H,23,24,27). The van der Waals surface area contributed by atoms with Gasteiger partial charge >= 0.3 is 0 Å². The highest BCUT2D eigenvalue weighted by atomic mass is 16.2. The highest BCUT2D eigenvalue weighted by molar-refractivity contribution is 5.97. The molecule has 1 amide bonds. The van der Waals surface area contributed by atoms with Crippen molar-refractivity contribution in [1.29, 1.82) is 0 Å². The summed E-state index contributed by atoms with van der Waals surface area (Å²) in [6, 6.07) is 1.80. The van der Waals surface area contributed by atoms with Crippen molar-refractivity contribution in [1.82, 2.24) is 25.0 Å². The number of nitrogens with zero attached hydrogens (tertiary/aromatic N) is 5. The summed E-state index contributed by atoms with van der Waals surface area (Å²) in [4.78, 5) is 16.4. The third kappa shape index (κ3) is 3.58. The first-order valence-electron chi connectivity index (χ1n) is 8.87. The van der Waals surface area contributed by atoms with Crippen LogP contribution in [0.3, 0.4) is 0 Å². The maximum absolute atomic E-state index is 12.0. The smallest absolute Gasteiger partial charge is 0.228 e. The van der Waals surface area contributed by atoms with Crippen LogP contribution in [0.4, 0.5) is 11.6 Å². The van der Waals surface area contributed by atoms with Gasteiger partial charge in [-0.05, 0) is 25.8 Å². The summed E-state index contributed by atoms with van der Waals surface area (Å²) in [7, 11) is 1.77. The third-order valence-electron chi connectivity index (χ3n) is 4.37. The third-order valence-corrected chi connectivity index (χ3v) is 4.37. The minimum Gasteiger partial charge on any atom is -0.371 e. The zero-order valence-corrected chi connectivity index (χ0v) is 15.2. The van der Waals surface area contributed by atoms with Crippen LogP contribution in [-0.2, 0) is 11.3 Å². The van der Waals surface area contributed by atoms with Gasteiger partial charge in [-0.25, -0.2) is 4.98 Å². The number of amides is 1. The van der Waals surface area contributed by atoms with Gasteiger partial charge in [-0.1, -0.05) is 11.8 Å². The molecule has 0 unspecified atom stereocenters. The summed E-state index contributed by atoms with van der Waals surface area (Å²) >= 11 is 0. The first kappa shape index (κ1) is 17.0. The van der Waals surface area contributed by atoms with Crippen LogP contribution in [0.25, 0.3) is 10.9 Å². The van der Waals surface area contributed by atoms with E-state index in [1.165, 1.54) is 0 Å². The fourth-order valence-electron chi connectivity index (χ4n) is 2.69. The molecule has 136 valence electrons. The number of rotatable bonds is 4. The van der Waals surface area contributed by atoms with Gasteiger partial charge in [0, 0.05) is 37.3 Å². The summed E-state index contributed by atoms with van der Waals surface area (Å²) < 4.78 is 1.82. The topological polar surface area (TPSA) is 97.6 Å². The lowest BCUT2D eigenvalue weighted by Crippen LogP contribution is -2.15. The van der Waals surface area contributed by atoms with Gasteiger partial charge in [0.1, 0.15) is 5.52 Å². The van der Waals surface area contributed by atoms with Gasteiger partial charge in [0.05, 0.1) is 17.3 Å². The van der Waals surface area contributed by atoms with Crippen LogP contribution in [0, 0.1) is 17.8 Å². The summed E-state index contributed by atoms with van der Waals surface area (Å²) in [6.07, 6.45) is 7.19. The number of hydrogen-bond acceptors (Lipinski definition) is 6. The molecule has 0 aliphatic heterocycles. The number of carbonyl (C=O) groups excluding carboxylic acids is 1. The molecule has 0 bridgehead atoms. The van der Waals surface area contributed by atoms with E-state index in [9.17, 15) is 4.79 Å². The van der Waals surface area contributed by atoms with Gasteiger partial charge in [-0.3, -0.25) is 9.48 Å². The Hall–Kier alpha value is -3.47. The highest BCUT2D eigenvalue weighted by Gasteiger charge is 2.30. The number of carbonyl (C=O) groups is 1. The Kier molecular flexibility index (Phi) is 4.42. The molecule has 1 fully saturated rings. The average Bonchev–Trinajstić information content (AvgIpc) is 3.45. The van der Waals surface area contributed by atoms with Crippen molar-refractivity contribution in [3.8, 4) is 11.8 Å². The first-order chi connectivity index (χ1) is 13.2. The molecule has 0 radical (unpaired) electrons. The van der Waals surface area contributed by atoms with Crippen LogP contribution in [0.15, 0.2) is 24.7 Å². The van der Waals surface area contributed by atoms with E-state index in [4.69, 9.17) is 0 Å². The van der Waals surface area contributed by atoms with E-state index in [2.05, 4.69) is 42.8 Å². The lowest BCUT2D eigenvalue weighted by atomic mass is 10.1. The quantitative estimate of drug-likeness (QED) is 0.690. The molecule has 1 saturated carbocycles. The minimum atomic E-state index is -0.00819. The molecular formula is C19H19N7O. The van der Waals surface area contributed by atoms with Crippen molar-refractivity contribution in [2.75, 3.05) is 17.7 Å². The summed E-state index contributed by atoms with van der Waals surface area (Å²) in [6.45, 7) is 2.82. The molecule has 8 heteroatoms. The van der Waals surface area contributed by atoms with Gasteiger partial charge in [0.15, 0.2) is 11.6 Å². The van der Waals surface area contributed by atoms with Crippen LogP contribution < -0.4 is 10.6 Å². The van der Waals surface area contributed by atoms with Crippen molar-refractivity contribution in [3.05, 3.63) is 35.8 Å². The van der Waals surface area contributed by atoms with Gasteiger partial charge in [-0.15, -0.1) is 10.2 Å². The molecule has 1 aliphatic rings. The molecule has 3 heterocycles. The Morgan fingerprint density at radius 2 is 2.15 bits per heavy atom. The van der Waals surface area contributed by atoms with Gasteiger partial charge < -0.3 is 10.6 Å². The summed E-state index contributed by atoms with van der Waals surface area (Å²) in [5.74, 6) is 7.37. The van der Waals surface area contributed by atoms with Gasteiger partial charge in [0.2, 0.25) is 5.91 Å². The predicted octanol–water partition coefficient (Wildman–Crippen LogP) is 2.03. The van der Waals surface area contributed by atoms with Crippen molar-refractivity contribution >= 4 is 28.4 Å². The molecule has 3 aromatic rings. The highest BCUT2D eigenvalue weighted by Crippen LogP contribution is 2.30. The second kappa shape index (κ2) is 7.03. The number of aryl methyl sites for hydroxylation is 1. The van der Waals surface area contributed by atoms with Crippen molar-refractivity contribution < 1.29 is 4.79 Å². The monoisotopic (exact) mass is 361 g/mol. The molecule has 0 atom stereocenters. The number of nitrogens with one attached hydrogen (secondary N) is 2. The van der Waals surface area contributed by atoms with E-state index in [0.717, 1.165) is 30.3 Å². The van der Waals surface area contributed by atoms with Crippen molar-refractivity contribution in [2.45, 2.75) is 26.3 Å². The fraction of sp³-hybridized carbons (Fsp3) is 0.316. The van der Waals surface area contributed by atoms with E-state index in [1.807, 2.05) is 17.8 Å². The van der Waals surface area contributed by atoms with Crippen LogP contribution in [0.5, 0.6) is 0 Å². The number of fused-ring (bicyclic) bond motifs is 1. The van der Waals surface area contributed by atoms with E-state index >= 15 is 0 Å². The van der Waals surface area contributed by atoms with Crippen LogP contribution in [0.1, 0.15) is 30.9 Å². The average molecular weight is 361 g/mol. The Morgan fingerprint density at radius 1 is 1.30 bits per heavy atom. The van der Waals surface area contributed by atoms with Crippen LogP contribution in [-0.4, -0.2) is 37.9 Å². The summed E-state index contributed by atoms with van der Waals surface area (Å²) in [5, 5.41) is 19.2. The minimum absolute atomic E-state index is 0.00819. The molecule has 3 aromatic heterocycles. The molecule has 27 heavy (non-hydrogen) atoms. The molecule has 1 aliphatic carbocycles. The largest absolute Gasteiger partial charge is 0.371 e. The Balaban J connectivity index is 1.73. The van der Waals surface area contributed by atoms with Crippen molar-refractivity contribution in [3.63, 3.8) is 0 Å². The van der Waals surface area contributed by atoms with Gasteiger partial charge in [0.25, 0.3) is 0 Å². The van der Waals surface area contributed by atoms with E-state index in [1.54, 1.807) is 25.5 Å². The normalized spacial score (nSPS) is 13.1. The first-order valence-corrected chi connectivity index (χ1v) is 8.87. The molecule has 8 nitrogen and oxygen atoms in total. The molecule has 2 N–H and O–H groups in total. The van der Waals surface area contributed by atoms with Gasteiger partial charge in [-0.2, -0.15) is 5.10 Å².